The molecule has 1 aliphatic heterocycles. The molecule has 3 nitrogen and oxygen atoms in total. The molecule has 0 spiro atoms. The van der Waals surface area contributed by atoms with E-state index >= 15 is 0 Å². The van der Waals surface area contributed by atoms with Crippen LogP contribution in [0.5, 0.6) is 0 Å². The van der Waals surface area contributed by atoms with Crippen molar-refractivity contribution < 1.29 is 9.59 Å². The number of hydrogen-bond donors (Lipinski definition) is 0. The Morgan fingerprint density at radius 1 is 0.857 bits per heavy atom. The van der Waals surface area contributed by atoms with E-state index in [2.05, 4.69) is 0 Å². The summed E-state index contributed by atoms with van der Waals surface area (Å²) in [6.07, 6.45) is 0.532. The van der Waals surface area contributed by atoms with Crippen LogP contribution < -0.4 is 0 Å². The molecule has 0 aromatic heterocycles. The van der Waals surface area contributed by atoms with Gasteiger partial charge in [-0.05, 0) is 0 Å². The number of nitrogens with zero attached hydrogens (tertiary/aromatic N) is 1. The Labute approximate surface area is 87.4 Å². The number of halogens is 1. The van der Waals surface area contributed by atoms with Gasteiger partial charge in [0.15, 0.2) is 0 Å². The summed E-state index contributed by atoms with van der Waals surface area (Å²) in [5.74, 6) is -0.590. The van der Waals surface area contributed by atoms with Crippen molar-refractivity contribution in [2.24, 2.45) is 0 Å². The van der Waals surface area contributed by atoms with E-state index in [9.17, 15) is 9.59 Å². The Hall–Kier alpha value is -1.35. The molecule has 0 atom stereocenters. The van der Waals surface area contributed by atoms with Crippen molar-refractivity contribution in [3.63, 3.8) is 0 Å². The van der Waals surface area contributed by atoms with Gasteiger partial charge in [0.2, 0.25) is 11.8 Å². The number of amides is 2. The number of benzene rings is 1. The maximum Gasteiger partial charge on any atom is 0.244 e. The predicted molar refractivity (Wildman–Crippen MR) is 53.4 cm³/mol. The quantitative estimate of drug-likeness (QED) is 0.486. The number of hydrogen-bond acceptors (Lipinski definition) is 2. The van der Waals surface area contributed by atoms with Gasteiger partial charge >= 0.3 is 0 Å². The molecular weight excluding hydrogens is 202 g/mol. The highest BCUT2D eigenvalue weighted by Crippen LogP contribution is 2.12. The Kier molecular flexibility index (Phi) is 4.13. The fourth-order valence-electron chi connectivity index (χ4n) is 0.934. The Morgan fingerprint density at radius 2 is 1.14 bits per heavy atom. The first-order chi connectivity index (χ1) is 6.72. The molecule has 0 N–H and O–H groups in total. The van der Waals surface area contributed by atoms with E-state index in [-0.39, 0.29) is 24.7 Å². The lowest BCUT2D eigenvalue weighted by Crippen LogP contribution is -2.16. The van der Waals surface area contributed by atoms with E-state index in [0.29, 0.717) is 4.42 Å². The van der Waals surface area contributed by atoms with Crippen molar-refractivity contribution in [3.8, 4) is 0 Å². The number of imide groups is 1. The van der Waals surface area contributed by atoms with Crippen LogP contribution in [0.3, 0.4) is 0 Å². The van der Waals surface area contributed by atoms with Gasteiger partial charge in [0.25, 0.3) is 0 Å². The van der Waals surface area contributed by atoms with Gasteiger partial charge in [0.1, 0.15) is 0 Å². The van der Waals surface area contributed by atoms with Crippen molar-refractivity contribution >= 4 is 23.6 Å². The van der Waals surface area contributed by atoms with E-state index in [4.69, 9.17) is 11.8 Å². The third kappa shape index (κ3) is 3.18. The maximum absolute atomic E-state index is 10.4. The highest BCUT2D eigenvalue weighted by Gasteiger charge is 2.26. The fraction of sp³-hybridized carbons (Fsp3) is 0.200. The standard InChI is InChI=1S/C6H6.C4H4ClNO2/c1-2-4-6-5-3-1;5-6-3(7)1-2-4(6)8/h1-6H;1-2H2. The Morgan fingerprint density at radius 3 is 1.29 bits per heavy atom. The van der Waals surface area contributed by atoms with E-state index in [1.54, 1.807) is 0 Å². The molecule has 1 heterocycles. The summed E-state index contributed by atoms with van der Waals surface area (Å²) in [4.78, 5) is 20.7. The molecule has 1 aromatic rings. The van der Waals surface area contributed by atoms with E-state index in [1.807, 2.05) is 36.4 Å². The largest absolute Gasteiger partial charge is 0.273 e. The topological polar surface area (TPSA) is 37.4 Å². The fourth-order valence-corrected chi connectivity index (χ4v) is 1.10. The van der Waals surface area contributed by atoms with Gasteiger partial charge in [-0.2, -0.15) is 4.42 Å². The first-order valence-electron chi connectivity index (χ1n) is 4.23. The molecule has 0 aliphatic carbocycles. The van der Waals surface area contributed by atoms with Crippen molar-refractivity contribution in [3.05, 3.63) is 36.4 Å². The van der Waals surface area contributed by atoms with Gasteiger partial charge < -0.3 is 0 Å². The zero-order chi connectivity index (χ0) is 10.4. The predicted octanol–water partition coefficient (Wildman–Crippen LogP) is 1.98. The van der Waals surface area contributed by atoms with Crippen LogP contribution in [0.2, 0.25) is 0 Å². The van der Waals surface area contributed by atoms with Crippen molar-refractivity contribution in [1.82, 2.24) is 4.42 Å². The third-order valence-electron chi connectivity index (χ3n) is 1.66. The summed E-state index contributed by atoms with van der Waals surface area (Å²) in [6, 6.07) is 12.0. The molecule has 1 fully saturated rings. The minimum absolute atomic E-state index is 0.266. The number of carbonyl (C=O) groups excluding carboxylic acids is 2. The van der Waals surface area contributed by atoms with Gasteiger partial charge in [-0.3, -0.25) is 9.59 Å². The average Bonchev–Trinajstić information content (AvgIpc) is 2.53. The molecule has 14 heavy (non-hydrogen) atoms. The lowest BCUT2D eigenvalue weighted by molar-refractivity contribution is -0.132. The molecule has 1 aliphatic rings. The highest BCUT2D eigenvalue weighted by atomic mass is 35.5. The molecule has 0 unspecified atom stereocenters. The van der Waals surface area contributed by atoms with Crippen LogP contribution in [0, 0.1) is 0 Å². The van der Waals surface area contributed by atoms with Gasteiger partial charge in [-0.25, -0.2) is 0 Å². The molecule has 0 saturated carbocycles. The van der Waals surface area contributed by atoms with E-state index in [1.165, 1.54) is 0 Å². The highest BCUT2D eigenvalue weighted by molar-refractivity contribution is 6.32. The van der Waals surface area contributed by atoms with Crippen LogP contribution in [-0.4, -0.2) is 16.2 Å². The minimum Gasteiger partial charge on any atom is -0.273 e. The summed E-state index contributed by atoms with van der Waals surface area (Å²) in [5, 5.41) is 0. The van der Waals surface area contributed by atoms with E-state index in [0.717, 1.165) is 0 Å². The second-order valence-corrected chi connectivity index (χ2v) is 3.06. The smallest absolute Gasteiger partial charge is 0.244 e. The SMILES string of the molecule is O=C1CCC(=O)N1Cl.c1ccccc1. The van der Waals surface area contributed by atoms with Crippen LogP contribution in [-0.2, 0) is 9.59 Å². The molecule has 1 aromatic carbocycles. The molecule has 0 bridgehead atoms. The van der Waals surface area contributed by atoms with Gasteiger partial charge in [-0.15, -0.1) is 0 Å². The van der Waals surface area contributed by atoms with Crippen LogP contribution in [0.1, 0.15) is 12.8 Å². The molecule has 2 rings (SSSR count). The second kappa shape index (κ2) is 5.40. The van der Waals surface area contributed by atoms with Gasteiger partial charge in [0.05, 0.1) is 0 Å². The second-order valence-electron chi connectivity index (χ2n) is 2.72. The lowest BCUT2D eigenvalue weighted by atomic mass is 10.4. The molecule has 4 heteroatoms. The lowest BCUT2D eigenvalue weighted by Gasteiger charge is -1.96. The first-order valence-corrected chi connectivity index (χ1v) is 4.57. The first kappa shape index (κ1) is 10.7. The summed E-state index contributed by atoms with van der Waals surface area (Å²) in [7, 11) is 0. The zero-order valence-electron chi connectivity index (χ0n) is 7.52. The number of carbonyl (C=O) groups is 2. The van der Waals surface area contributed by atoms with Crippen molar-refractivity contribution in [2.75, 3.05) is 0 Å². The zero-order valence-corrected chi connectivity index (χ0v) is 8.28. The van der Waals surface area contributed by atoms with Gasteiger partial charge in [0, 0.05) is 24.6 Å². The Balaban J connectivity index is 0.000000146. The Bertz CT molecular complexity index is 270. The summed E-state index contributed by atoms with van der Waals surface area (Å²) < 4.78 is 0.639. The third-order valence-corrected chi connectivity index (χ3v) is 2.03. The van der Waals surface area contributed by atoms with E-state index < -0.39 is 0 Å². The normalized spacial score (nSPS) is 15.1. The molecular formula is C10H10ClNO2. The van der Waals surface area contributed by atoms with Crippen LogP contribution in [0.4, 0.5) is 0 Å². The monoisotopic (exact) mass is 211 g/mol. The van der Waals surface area contributed by atoms with Crippen LogP contribution >= 0.6 is 11.8 Å². The van der Waals surface area contributed by atoms with Crippen LogP contribution in [0.15, 0.2) is 36.4 Å². The minimum atomic E-state index is -0.295. The molecule has 74 valence electrons. The summed E-state index contributed by atoms with van der Waals surface area (Å²) in [6.45, 7) is 0. The molecule has 1 saturated heterocycles. The van der Waals surface area contributed by atoms with Crippen molar-refractivity contribution in [2.45, 2.75) is 12.8 Å². The van der Waals surface area contributed by atoms with Crippen LogP contribution in [0.25, 0.3) is 0 Å². The molecule has 0 radical (unpaired) electrons. The number of rotatable bonds is 0. The summed E-state index contributed by atoms with van der Waals surface area (Å²) in [5.41, 5.74) is 0. The summed E-state index contributed by atoms with van der Waals surface area (Å²) >= 11 is 5.15. The molecule has 2 amide bonds. The van der Waals surface area contributed by atoms with Gasteiger partial charge in [-0.1, -0.05) is 36.4 Å². The maximum atomic E-state index is 10.4. The van der Waals surface area contributed by atoms with Crippen molar-refractivity contribution in [1.29, 1.82) is 0 Å². The average molecular weight is 212 g/mol.